The SMILES string of the molecule is C=CC(=O)ONC(C)CCOC(C)(C)c1cccc(C(C)(C)c2ccccc2)c1. The molecule has 0 radical (unpaired) electrons. The Morgan fingerprint density at radius 3 is 2.31 bits per heavy atom. The smallest absolute Gasteiger partial charge is 0.348 e. The topological polar surface area (TPSA) is 47.6 Å². The van der Waals surface area contributed by atoms with Crippen molar-refractivity contribution >= 4 is 5.97 Å². The lowest BCUT2D eigenvalue weighted by Gasteiger charge is -2.31. The third-order valence-corrected chi connectivity index (χ3v) is 5.32. The van der Waals surface area contributed by atoms with Gasteiger partial charge in [0.1, 0.15) is 0 Å². The molecule has 29 heavy (non-hydrogen) atoms. The molecule has 1 unspecified atom stereocenters. The summed E-state index contributed by atoms with van der Waals surface area (Å²) in [6.07, 6.45) is 1.84. The third-order valence-electron chi connectivity index (χ3n) is 5.32. The van der Waals surface area contributed by atoms with Gasteiger partial charge in [0.05, 0.1) is 5.60 Å². The summed E-state index contributed by atoms with van der Waals surface area (Å²) in [7, 11) is 0. The molecule has 1 atom stereocenters. The van der Waals surface area contributed by atoms with Gasteiger partial charge in [0.15, 0.2) is 0 Å². The summed E-state index contributed by atoms with van der Waals surface area (Å²) in [6.45, 7) is 14.5. The molecule has 0 aromatic heterocycles. The van der Waals surface area contributed by atoms with Crippen molar-refractivity contribution in [2.45, 2.75) is 58.1 Å². The van der Waals surface area contributed by atoms with E-state index in [2.05, 4.69) is 88.3 Å². The van der Waals surface area contributed by atoms with Crippen molar-refractivity contribution in [3.63, 3.8) is 0 Å². The van der Waals surface area contributed by atoms with Gasteiger partial charge in [-0.25, -0.2) is 4.79 Å². The van der Waals surface area contributed by atoms with Crippen molar-refractivity contribution in [3.05, 3.63) is 83.9 Å². The van der Waals surface area contributed by atoms with Gasteiger partial charge in [-0.1, -0.05) is 75.0 Å². The van der Waals surface area contributed by atoms with E-state index >= 15 is 0 Å². The van der Waals surface area contributed by atoms with E-state index in [1.165, 1.54) is 11.1 Å². The summed E-state index contributed by atoms with van der Waals surface area (Å²) in [5.41, 5.74) is 5.85. The van der Waals surface area contributed by atoms with Gasteiger partial charge < -0.3 is 9.57 Å². The highest BCUT2D eigenvalue weighted by molar-refractivity contribution is 5.80. The molecule has 0 heterocycles. The predicted molar refractivity (Wildman–Crippen MR) is 117 cm³/mol. The summed E-state index contributed by atoms with van der Waals surface area (Å²) >= 11 is 0. The molecular weight excluding hydrogens is 362 g/mol. The van der Waals surface area contributed by atoms with E-state index in [-0.39, 0.29) is 11.5 Å². The van der Waals surface area contributed by atoms with Gasteiger partial charge >= 0.3 is 5.97 Å². The molecule has 0 saturated carbocycles. The van der Waals surface area contributed by atoms with E-state index in [0.717, 1.165) is 11.6 Å². The molecule has 0 aliphatic carbocycles. The Morgan fingerprint density at radius 1 is 1.03 bits per heavy atom. The zero-order valence-electron chi connectivity index (χ0n) is 18.2. The molecule has 2 aromatic carbocycles. The molecule has 156 valence electrons. The number of rotatable bonds is 10. The first kappa shape index (κ1) is 22.9. The Bertz CT molecular complexity index is 812. The van der Waals surface area contributed by atoms with Crippen LogP contribution in [-0.2, 0) is 25.4 Å². The Morgan fingerprint density at radius 2 is 1.66 bits per heavy atom. The molecule has 0 bridgehead atoms. The number of ether oxygens (including phenoxy) is 1. The Hall–Kier alpha value is -2.43. The van der Waals surface area contributed by atoms with E-state index < -0.39 is 11.6 Å². The zero-order valence-corrected chi connectivity index (χ0v) is 18.2. The summed E-state index contributed by atoms with van der Waals surface area (Å²) < 4.78 is 6.19. The fourth-order valence-corrected chi connectivity index (χ4v) is 3.14. The van der Waals surface area contributed by atoms with Crippen molar-refractivity contribution < 1.29 is 14.4 Å². The fourth-order valence-electron chi connectivity index (χ4n) is 3.14. The van der Waals surface area contributed by atoms with Crippen molar-refractivity contribution in [3.8, 4) is 0 Å². The minimum absolute atomic E-state index is 0.0157. The molecule has 2 aromatic rings. The second kappa shape index (κ2) is 9.86. The Kier molecular flexibility index (Phi) is 7.77. The number of benzene rings is 2. The average molecular weight is 396 g/mol. The first-order chi connectivity index (χ1) is 13.7. The number of hydrogen-bond acceptors (Lipinski definition) is 4. The van der Waals surface area contributed by atoms with Crippen LogP contribution in [0.2, 0.25) is 0 Å². The molecule has 0 amide bonds. The summed E-state index contributed by atoms with van der Waals surface area (Å²) in [4.78, 5) is 16.0. The maximum absolute atomic E-state index is 11.1. The predicted octanol–water partition coefficient (Wildman–Crippen LogP) is 5.28. The van der Waals surface area contributed by atoms with Gasteiger partial charge in [-0.05, 0) is 43.9 Å². The maximum Gasteiger partial charge on any atom is 0.348 e. The lowest BCUT2D eigenvalue weighted by molar-refractivity contribution is -0.147. The quantitative estimate of drug-likeness (QED) is 0.439. The molecule has 0 fully saturated rings. The second-order valence-corrected chi connectivity index (χ2v) is 8.36. The molecule has 4 nitrogen and oxygen atoms in total. The average Bonchev–Trinajstić information content (AvgIpc) is 2.72. The number of carbonyl (C=O) groups is 1. The van der Waals surface area contributed by atoms with Crippen molar-refractivity contribution in [1.82, 2.24) is 5.48 Å². The van der Waals surface area contributed by atoms with Crippen molar-refractivity contribution in [1.29, 1.82) is 0 Å². The first-order valence-electron chi connectivity index (χ1n) is 10.1. The van der Waals surface area contributed by atoms with E-state index in [4.69, 9.17) is 9.57 Å². The van der Waals surface area contributed by atoms with Crippen LogP contribution in [-0.4, -0.2) is 18.6 Å². The molecule has 2 rings (SSSR count). The van der Waals surface area contributed by atoms with Gasteiger partial charge in [-0.15, -0.1) is 5.48 Å². The van der Waals surface area contributed by atoms with E-state index in [1.807, 2.05) is 13.0 Å². The molecular formula is C25H33NO3. The first-order valence-corrected chi connectivity index (χ1v) is 10.1. The fraction of sp³-hybridized carbons (Fsp3) is 0.400. The van der Waals surface area contributed by atoms with Gasteiger partial charge in [0, 0.05) is 24.1 Å². The monoisotopic (exact) mass is 395 g/mol. The van der Waals surface area contributed by atoms with Crippen LogP contribution in [0.5, 0.6) is 0 Å². The third kappa shape index (κ3) is 6.28. The van der Waals surface area contributed by atoms with E-state index in [9.17, 15) is 4.79 Å². The van der Waals surface area contributed by atoms with Gasteiger partial charge in [0.2, 0.25) is 0 Å². The van der Waals surface area contributed by atoms with Crippen LogP contribution < -0.4 is 5.48 Å². The minimum atomic E-state index is -0.490. The lowest BCUT2D eigenvalue weighted by Crippen LogP contribution is -2.31. The van der Waals surface area contributed by atoms with Crippen LogP contribution >= 0.6 is 0 Å². The molecule has 0 aliphatic heterocycles. The van der Waals surface area contributed by atoms with Crippen LogP contribution in [0.15, 0.2) is 67.3 Å². The van der Waals surface area contributed by atoms with E-state index in [0.29, 0.717) is 13.0 Å². The summed E-state index contributed by atoms with van der Waals surface area (Å²) in [5.74, 6) is -0.490. The molecule has 0 spiro atoms. The number of hydrogen-bond donors (Lipinski definition) is 1. The van der Waals surface area contributed by atoms with E-state index in [1.54, 1.807) is 0 Å². The number of nitrogens with one attached hydrogen (secondary N) is 1. The van der Waals surface area contributed by atoms with Gasteiger partial charge in [0.25, 0.3) is 0 Å². The molecule has 4 heteroatoms. The van der Waals surface area contributed by atoms with Crippen LogP contribution in [0.3, 0.4) is 0 Å². The van der Waals surface area contributed by atoms with Crippen LogP contribution in [0, 0.1) is 0 Å². The van der Waals surface area contributed by atoms with Crippen LogP contribution in [0.25, 0.3) is 0 Å². The largest absolute Gasteiger partial charge is 0.371 e. The van der Waals surface area contributed by atoms with Gasteiger partial charge in [-0.3, -0.25) is 0 Å². The highest BCUT2D eigenvalue weighted by Gasteiger charge is 2.27. The number of hydroxylamine groups is 1. The highest BCUT2D eigenvalue weighted by Crippen LogP contribution is 2.34. The highest BCUT2D eigenvalue weighted by atomic mass is 16.7. The molecule has 0 saturated heterocycles. The van der Waals surface area contributed by atoms with Crippen molar-refractivity contribution in [2.75, 3.05) is 6.61 Å². The minimum Gasteiger partial charge on any atom is -0.371 e. The van der Waals surface area contributed by atoms with Gasteiger partial charge in [-0.2, -0.15) is 0 Å². The molecule has 1 N–H and O–H groups in total. The van der Waals surface area contributed by atoms with Crippen LogP contribution in [0.1, 0.15) is 57.7 Å². The second-order valence-electron chi connectivity index (χ2n) is 8.36. The molecule has 0 aliphatic rings. The maximum atomic E-state index is 11.1. The van der Waals surface area contributed by atoms with Crippen LogP contribution in [0.4, 0.5) is 0 Å². The zero-order chi connectivity index (χ0) is 21.5. The standard InChI is InChI=1S/C25H33NO3/c1-7-23(27)29-26-19(2)16-17-28-25(5,6)22-15-11-14-21(18-22)24(3,4)20-12-9-8-10-13-20/h7-15,18-19,26H,1,16-17H2,2-6H3. The lowest BCUT2D eigenvalue weighted by atomic mass is 9.77. The Labute approximate surface area is 174 Å². The Balaban J connectivity index is 2.03. The van der Waals surface area contributed by atoms with Crippen molar-refractivity contribution in [2.24, 2.45) is 0 Å². The number of carbonyl (C=O) groups excluding carboxylic acids is 1. The summed E-state index contributed by atoms with van der Waals surface area (Å²) in [5, 5.41) is 0. The summed E-state index contributed by atoms with van der Waals surface area (Å²) in [6, 6.07) is 19.1. The normalized spacial score (nSPS) is 13.0.